The lowest BCUT2D eigenvalue weighted by Gasteiger charge is -2.33. The number of carbonyl (C=O) groups is 1. The van der Waals surface area contributed by atoms with Crippen molar-refractivity contribution in [2.75, 3.05) is 10.6 Å². The number of hydrogen-bond acceptors (Lipinski definition) is 6. The molecule has 148 valence electrons. The Kier molecular flexibility index (Phi) is 5.41. The van der Waals surface area contributed by atoms with E-state index in [4.69, 9.17) is 15.2 Å². The minimum Gasteiger partial charge on any atom is -0.380 e. The van der Waals surface area contributed by atoms with Crippen LogP contribution in [-0.4, -0.2) is 17.2 Å². The van der Waals surface area contributed by atoms with Gasteiger partial charge in [-0.15, -0.1) is 0 Å². The average molecular weight is 390 g/mol. The maximum atomic E-state index is 11.8. The molecular weight excluding hydrogens is 368 g/mol. The number of benzene rings is 2. The van der Waals surface area contributed by atoms with E-state index in [-0.39, 0.29) is 12.6 Å². The Hall–Kier alpha value is -3.42. The number of hydrogen-bond donors (Lipinski definition) is 3. The molecule has 0 aliphatic carbocycles. The molecule has 1 aliphatic rings. The largest absolute Gasteiger partial charge is 0.380 e. The zero-order valence-electron chi connectivity index (χ0n) is 16.0. The predicted molar refractivity (Wildman–Crippen MR) is 111 cm³/mol. The Morgan fingerprint density at radius 1 is 1.10 bits per heavy atom. The van der Waals surface area contributed by atoms with Crippen molar-refractivity contribution >= 4 is 23.1 Å². The number of nitrogens with one attached hydrogen (secondary N) is 2. The van der Waals surface area contributed by atoms with E-state index in [9.17, 15) is 4.79 Å². The van der Waals surface area contributed by atoms with Crippen molar-refractivity contribution in [3.05, 3.63) is 83.6 Å². The zero-order chi connectivity index (χ0) is 20.2. The highest BCUT2D eigenvalue weighted by molar-refractivity contribution is 5.98. The first kappa shape index (κ1) is 18.9. The minimum atomic E-state index is -0.529. The summed E-state index contributed by atoms with van der Waals surface area (Å²) >= 11 is 0. The number of primary amides is 1. The van der Waals surface area contributed by atoms with E-state index in [0.29, 0.717) is 23.6 Å². The number of ether oxygens (including phenoxy) is 2. The minimum absolute atomic E-state index is 0.160. The molecule has 1 saturated heterocycles. The van der Waals surface area contributed by atoms with Gasteiger partial charge in [-0.05, 0) is 24.6 Å². The highest BCUT2D eigenvalue weighted by Gasteiger charge is 2.28. The lowest BCUT2D eigenvalue weighted by molar-refractivity contribution is -0.382. The van der Waals surface area contributed by atoms with Gasteiger partial charge in [0.15, 0.2) is 12.6 Å². The van der Waals surface area contributed by atoms with Crippen LogP contribution in [0.25, 0.3) is 0 Å². The van der Waals surface area contributed by atoms with Gasteiger partial charge in [0.2, 0.25) is 0 Å². The maximum Gasteiger partial charge on any atom is 0.252 e. The first-order chi connectivity index (χ1) is 14.1. The van der Waals surface area contributed by atoms with E-state index < -0.39 is 5.91 Å². The molecule has 1 aliphatic heterocycles. The van der Waals surface area contributed by atoms with Crippen LogP contribution in [-0.2, 0) is 16.0 Å². The van der Waals surface area contributed by atoms with Crippen molar-refractivity contribution in [3.63, 3.8) is 0 Å². The monoisotopic (exact) mass is 390 g/mol. The fourth-order valence-electron chi connectivity index (χ4n) is 3.05. The van der Waals surface area contributed by atoms with Gasteiger partial charge < -0.3 is 25.8 Å². The standard InChI is InChI=1S/C22H22N4O3/c1-14-28-22(29-14)16-7-9-17(10-8-16)26-20-11-19(18(13-25-20)21(23)27)24-12-15-5-3-2-4-6-15/h2-11,13-14,22H,12H2,1H3,(H2,23,27)(H2,24,25,26). The zero-order valence-corrected chi connectivity index (χ0v) is 16.0. The summed E-state index contributed by atoms with van der Waals surface area (Å²) in [5.74, 6) is 0.0711. The van der Waals surface area contributed by atoms with Crippen molar-refractivity contribution in [3.8, 4) is 0 Å². The molecule has 7 heteroatoms. The number of nitrogens with zero attached hydrogens (tertiary/aromatic N) is 1. The van der Waals surface area contributed by atoms with Crippen LogP contribution in [0.1, 0.15) is 34.7 Å². The Balaban J connectivity index is 1.48. The van der Waals surface area contributed by atoms with Gasteiger partial charge in [0, 0.05) is 30.1 Å². The van der Waals surface area contributed by atoms with Crippen LogP contribution in [0.3, 0.4) is 0 Å². The molecule has 1 fully saturated rings. The summed E-state index contributed by atoms with van der Waals surface area (Å²) in [7, 11) is 0. The predicted octanol–water partition coefficient (Wildman–Crippen LogP) is 3.93. The Labute approximate surface area is 168 Å². The third-order valence-corrected chi connectivity index (χ3v) is 4.58. The maximum absolute atomic E-state index is 11.8. The van der Waals surface area contributed by atoms with Crippen molar-refractivity contribution in [2.24, 2.45) is 5.73 Å². The summed E-state index contributed by atoms with van der Waals surface area (Å²) in [6.07, 6.45) is 1.01. The van der Waals surface area contributed by atoms with E-state index >= 15 is 0 Å². The second-order valence-corrected chi connectivity index (χ2v) is 6.74. The average Bonchev–Trinajstić information content (AvgIpc) is 2.71. The molecule has 0 bridgehead atoms. The van der Waals surface area contributed by atoms with E-state index in [1.807, 2.05) is 61.5 Å². The molecule has 4 N–H and O–H groups in total. The molecule has 1 amide bonds. The number of pyridine rings is 1. The Morgan fingerprint density at radius 2 is 1.83 bits per heavy atom. The van der Waals surface area contributed by atoms with Gasteiger partial charge in [-0.1, -0.05) is 42.5 Å². The molecular formula is C22H22N4O3. The SMILES string of the molecule is CC1OC(c2ccc(Nc3cc(NCc4ccccc4)c(C(N)=O)cn3)cc2)O1. The summed E-state index contributed by atoms with van der Waals surface area (Å²) in [6, 6.07) is 19.4. The Morgan fingerprint density at radius 3 is 2.48 bits per heavy atom. The lowest BCUT2D eigenvalue weighted by Crippen LogP contribution is -2.31. The third kappa shape index (κ3) is 4.53. The van der Waals surface area contributed by atoms with Crippen molar-refractivity contribution < 1.29 is 14.3 Å². The summed E-state index contributed by atoms with van der Waals surface area (Å²) in [5, 5.41) is 6.50. The first-order valence-electron chi connectivity index (χ1n) is 9.34. The molecule has 0 spiro atoms. The van der Waals surface area contributed by atoms with E-state index in [2.05, 4.69) is 15.6 Å². The van der Waals surface area contributed by atoms with Crippen molar-refractivity contribution in [2.45, 2.75) is 26.0 Å². The van der Waals surface area contributed by atoms with Crippen LogP contribution in [0.2, 0.25) is 0 Å². The van der Waals surface area contributed by atoms with E-state index in [1.165, 1.54) is 6.20 Å². The van der Waals surface area contributed by atoms with Crippen molar-refractivity contribution in [1.29, 1.82) is 0 Å². The molecule has 0 saturated carbocycles. The molecule has 0 atom stereocenters. The van der Waals surface area contributed by atoms with Crippen LogP contribution in [0, 0.1) is 0 Å². The smallest absolute Gasteiger partial charge is 0.252 e. The molecule has 1 aromatic heterocycles. The van der Waals surface area contributed by atoms with Gasteiger partial charge in [-0.3, -0.25) is 4.79 Å². The Bertz CT molecular complexity index is 987. The molecule has 4 rings (SSSR count). The summed E-state index contributed by atoms with van der Waals surface area (Å²) < 4.78 is 11.0. The van der Waals surface area contributed by atoms with Crippen LogP contribution in [0.4, 0.5) is 17.2 Å². The third-order valence-electron chi connectivity index (χ3n) is 4.58. The highest BCUT2D eigenvalue weighted by atomic mass is 16.9. The molecule has 0 radical (unpaired) electrons. The summed E-state index contributed by atoms with van der Waals surface area (Å²) in [4.78, 5) is 16.1. The molecule has 2 heterocycles. The van der Waals surface area contributed by atoms with Crippen LogP contribution < -0.4 is 16.4 Å². The normalized spacial score (nSPS) is 18.0. The quantitative estimate of drug-likeness (QED) is 0.565. The molecule has 29 heavy (non-hydrogen) atoms. The molecule has 0 unspecified atom stereocenters. The second-order valence-electron chi connectivity index (χ2n) is 6.74. The molecule has 3 aromatic rings. The van der Waals surface area contributed by atoms with Crippen LogP contribution in [0.5, 0.6) is 0 Å². The van der Waals surface area contributed by atoms with Crippen LogP contribution >= 0.6 is 0 Å². The van der Waals surface area contributed by atoms with Gasteiger partial charge in [-0.2, -0.15) is 0 Å². The fourth-order valence-corrected chi connectivity index (χ4v) is 3.05. The second kappa shape index (κ2) is 8.30. The first-order valence-corrected chi connectivity index (χ1v) is 9.34. The summed E-state index contributed by atoms with van der Waals surface area (Å²) in [5.41, 5.74) is 9.37. The fraction of sp³-hybridized carbons (Fsp3) is 0.182. The number of anilines is 3. The highest BCUT2D eigenvalue weighted by Crippen LogP contribution is 2.32. The topological polar surface area (TPSA) is 98.5 Å². The number of nitrogens with two attached hydrogens (primary N) is 1. The molecule has 7 nitrogen and oxygen atoms in total. The van der Waals surface area contributed by atoms with Gasteiger partial charge in [0.1, 0.15) is 5.82 Å². The van der Waals surface area contributed by atoms with Gasteiger partial charge in [0.05, 0.1) is 11.3 Å². The van der Waals surface area contributed by atoms with Gasteiger partial charge in [0.25, 0.3) is 5.91 Å². The number of carbonyl (C=O) groups excluding carboxylic acids is 1. The lowest BCUT2D eigenvalue weighted by atomic mass is 10.1. The van der Waals surface area contributed by atoms with Crippen molar-refractivity contribution in [1.82, 2.24) is 4.98 Å². The molecule has 2 aromatic carbocycles. The van der Waals surface area contributed by atoms with Gasteiger partial charge in [-0.25, -0.2) is 4.98 Å². The number of amides is 1. The van der Waals surface area contributed by atoms with E-state index in [0.717, 1.165) is 16.8 Å². The van der Waals surface area contributed by atoms with Gasteiger partial charge >= 0.3 is 0 Å². The summed E-state index contributed by atoms with van der Waals surface area (Å²) in [6.45, 7) is 2.43. The van der Waals surface area contributed by atoms with Crippen LogP contribution in [0.15, 0.2) is 66.9 Å². The number of aromatic nitrogens is 1. The number of rotatable bonds is 7. The van der Waals surface area contributed by atoms with E-state index in [1.54, 1.807) is 6.07 Å².